The second-order valence-corrected chi connectivity index (χ2v) is 6.96. The van der Waals surface area contributed by atoms with Gasteiger partial charge in [-0.25, -0.2) is 18.1 Å². The van der Waals surface area contributed by atoms with Gasteiger partial charge in [0.15, 0.2) is 5.03 Å². The van der Waals surface area contributed by atoms with Crippen LogP contribution in [0.15, 0.2) is 23.4 Å². The minimum Gasteiger partial charge on any atom is -0.326 e. The fourth-order valence-electron chi connectivity index (χ4n) is 2.51. The van der Waals surface area contributed by atoms with E-state index in [0.29, 0.717) is 12.5 Å². The molecule has 5 nitrogen and oxygen atoms in total. The third-order valence-corrected chi connectivity index (χ3v) is 5.00. The lowest BCUT2D eigenvalue weighted by molar-refractivity contribution is 0.327. The van der Waals surface area contributed by atoms with Crippen molar-refractivity contribution in [3.05, 3.63) is 23.9 Å². The summed E-state index contributed by atoms with van der Waals surface area (Å²) >= 11 is 0. The minimum absolute atomic E-state index is 0.0322. The van der Waals surface area contributed by atoms with Gasteiger partial charge in [0, 0.05) is 18.8 Å². The first kappa shape index (κ1) is 14.4. The van der Waals surface area contributed by atoms with Crippen molar-refractivity contribution >= 4 is 10.0 Å². The molecule has 2 atom stereocenters. The molecule has 6 heteroatoms. The van der Waals surface area contributed by atoms with E-state index in [0.717, 1.165) is 24.8 Å². The summed E-state index contributed by atoms with van der Waals surface area (Å²) in [6.07, 6.45) is 5.58. The first-order valence-electron chi connectivity index (χ1n) is 6.68. The first-order valence-corrected chi connectivity index (χ1v) is 8.17. The largest absolute Gasteiger partial charge is 0.326 e. The maximum atomic E-state index is 12.2. The van der Waals surface area contributed by atoms with Gasteiger partial charge in [-0.15, -0.1) is 0 Å². The van der Waals surface area contributed by atoms with Gasteiger partial charge >= 0.3 is 0 Å². The zero-order valence-corrected chi connectivity index (χ0v) is 12.0. The lowest BCUT2D eigenvalue weighted by Gasteiger charge is -2.27. The van der Waals surface area contributed by atoms with Crippen molar-refractivity contribution in [2.24, 2.45) is 11.7 Å². The molecule has 106 valence electrons. The maximum Gasteiger partial charge on any atom is 0.258 e. The summed E-state index contributed by atoms with van der Waals surface area (Å²) < 4.78 is 27.2. The van der Waals surface area contributed by atoms with Crippen LogP contribution in [-0.4, -0.2) is 19.4 Å². The Hall–Kier alpha value is -0.980. The Morgan fingerprint density at radius 2 is 2.21 bits per heavy atom. The highest BCUT2D eigenvalue weighted by atomic mass is 32.2. The molecule has 1 fully saturated rings. The molecule has 0 bridgehead atoms. The van der Waals surface area contributed by atoms with Crippen LogP contribution < -0.4 is 10.5 Å². The number of nitrogens with two attached hydrogens (primary N) is 1. The van der Waals surface area contributed by atoms with Crippen LogP contribution in [0.2, 0.25) is 0 Å². The van der Waals surface area contributed by atoms with E-state index in [2.05, 4.69) is 16.6 Å². The predicted octanol–water partition coefficient (Wildman–Crippen LogP) is 1.40. The highest BCUT2D eigenvalue weighted by molar-refractivity contribution is 7.89. The Balaban J connectivity index is 2.08. The van der Waals surface area contributed by atoms with Crippen molar-refractivity contribution in [2.45, 2.75) is 50.2 Å². The van der Waals surface area contributed by atoms with Crippen molar-refractivity contribution in [2.75, 3.05) is 0 Å². The highest BCUT2D eigenvalue weighted by Gasteiger charge is 2.25. The lowest BCUT2D eigenvalue weighted by atomic mass is 9.88. The molecule has 1 saturated carbocycles. The second-order valence-electron chi connectivity index (χ2n) is 5.30. The van der Waals surface area contributed by atoms with Crippen molar-refractivity contribution < 1.29 is 8.42 Å². The monoisotopic (exact) mass is 283 g/mol. The van der Waals surface area contributed by atoms with Crippen LogP contribution in [-0.2, 0) is 16.6 Å². The maximum absolute atomic E-state index is 12.2. The average Bonchev–Trinajstić information content (AvgIpc) is 2.38. The molecule has 1 aromatic rings. The van der Waals surface area contributed by atoms with Crippen molar-refractivity contribution in [3.63, 3.8) is 0 Å². The average molecular weight is 283 g/mol. The summed E-state index contributed by atoms with van der Waals surface area (Å²) in [6.45, 7) is 2.52. The van der Waals surface area contributed by atoms with Gasteiger partial charge in [0.25, 0.3) is 10.0 Å². The summed E-state index contributed by atoms with van der Waals surface area (Å²) in [5.74, 6) is 0.578. The number of nitrogens with zero attached hydrogens (tertiary/aromatic N) is 1. The molecular weight excluding hydrogens is 262 g/mol. The number of hydrogen-bond donors (Lipinski definition) is 2. The van der Waals surface area contributed by atoms with E-state index in [9.17, 15) is 8.42 Å². The predicted molar refractivity (Wildman–Crippen MR) is 73.9 cm³/mol. The Labute approximate surface area is 114 Å². The number of hydrogen-bond acceptors (Lipinski definition) is 4. The van der Waals surface area contributed by atoms with Gasteiger partial charge in [-0.05, 0) is 30.4 Å². The van der Waals surface area contributed by atoms with Crippen LogP contribution in [0.3, 0.4) is 0 Å². The van der Waals surface area contributed by atoms with Crippen LogP contribution >= 0.6 is 0 Å². The lowest BCUT2D eigenvalue weighted by Crippen LogP contribution is -2.38. The van der Waals surface area contributed by atoms with Crippen LogP contribution in [0.4, 0.5) is 0 Å². The van der Waals surface area contributed by atoms with Crippen molar-refractivity contribution in [1.82, 2.24) is 9.71 Å². The molecule has 0 amide bonds. The van der Waals surface area contributed by atoms with E-state index in [-0.39, 0.29) is 11.1 Å². The smallest absolute Gasteiger partial charge is 0.258 e. The van der Waals surface area contributed by atoms with Gasteiger partial charge in [-0.3, -0.25) is 0 Å². The summed E-state index contributed by atoms with van der Waals surface area (Å²) in [5, 5.41) is 0.0722. The fourth-order valence-corrected chi connectivity index (χ4v) is 3.72. The van der Waals surface area contributed by atoms with Crippen molar-refractivity contribution in [3.8, 4) is 0 Å². The third-order valence-electron chi connectivity index (χ3n) is 3.57. The molecule has 3 N–H and O–H groups in total. The molecule has 0 saturated heterocycles. The normalized spacial score (nSPS) is 24.3. The molecule has 1 aliphatic rings. The zero-order chi connectivity index (χ0) is 13.9. The summed E-state index contributed by atoms with van der Waals surface area (Å²) in [4.78, 5) is 3.98. The van der Waals surface area contributed by atoms with E-state index in [1.807, 2.05) is 0 Å². The van der Waals surface area contributed by atoms with E-state index >= 15 is 0 Å². The molecule has 1 heterocycles. The van der Waals surface area contributed by atoms with Gasteiger partial charge in [-0.2, -0.15) is 0 Å². The van der Waals surface area contributed by atoms with Crippen LogP contribution in [0, 0.1) is 5.92 Å². The highest BCUT2D eigenvalue weighted by Crippen LogP contribution is 2.24. The Kier molecular flexibility index (Phi) is 4.54. The molecule has 0 aromatic carbocycles. The van der Waals surface area contributed by atoms with Gasteiger partial charge in [0.05, 0.1) is 0 Å². The minimum atomic E-state index is -3.51. The molecule has 1 aromatic heterocycles. The molecule has 0 spiro atoms. The quantitative estimate of drug-likeness (QED) is 0.874. The Bertz CT molecular complexity index is 513. The summed E-state index contributed by atoms with van der Waals surface area (Å²) in [7, 11) is -3.51. The Morgan fingerprint density at radius 3 is 2.79 bits per heavy atom. The van der Waals surface area contributed by atoms with Crippen molar-refractivity contribution in [1.29, 1.82) is 0 Å². The van der Waals surface area contributed by atoms with E-state index in [4.69, 9.17) is 5.73 Å². The van der Waals surface area contributed by atoms with Gasteiger partial charge in [0.1, 0.15) is 0 Å². The Morgan fingerprint density at radius 1 is 1.42 bits per heavy atom. The molecule has 0 aliphatic heterocycles. The number of pyridine rings is 1. The molecular formula is C13H21N3O2S. The van der Waals surface area contributed by atoms with Gasteiger partial charge in [0.2, 0.25) is 0 Å². The van der Waals surface area contributed by atoms with E-state index in [1.165, 1.54) is 18.7 Å². The van der Waals surface area contributed by atoms with Gasteiger partial charge in [-0.1, -0.05) is 25.8 Å². The van der Waals surface area contributed by atoms with E-state index < -0.39 is 10.0 Å². The van der Waals surface area contributed by atoms with Crippen LogP contribution in [0.1, 0.15) is 38.2 Å². The number of rotatable bonds is 4. The molecule has 1 aliphatic carbocycles. The fraction of sp³-hybridized carbons (Fsp3) is 0.615. The number of sulfonamides is 1. The molecule has 2 rings (SSSR count). The molecule has 19 heavy (non-hydrogen) atoms. The SMILES string of the molecule is CC1CCCC(NS(=O)(=O)c2ccc(CN)cn2)C1. The number of aromatic nitrogens is 1. The summed E-state index contributed by atoms with van der Waals surface area (Å²) in [5.41, 5.74) is 6.29. The third kappa shape index (κ3) is 3.75. The molecule has 0 radical (unpaired) electrons. The zero-order valence-electron chi connectivity index (χ0n) is 11.2. The first-order chi connectivity index (χ1) is 9.01. The standard InChI is InChI=1S/C13H21N3O2S/c1-10-3-2-4-12(7-10)16-19(17,18)13-6-5-11(8-14)9-15-13/h5-6,9-10,12,16H,2-4,7-8,14H2,1H3. The number of nitrogens with one attached hydrogen (secondary N) is 1. The van der Waals surface area contributed by atoms with Gasteiger partial charge < -0.3 is 5.73 Å². The summed E-state index contributed by atoms with van der Waals surface area (Å²) in [6, 6.07) is 3.24. The topological polar surface area (TPSA) is 85.1 Å². The molecule has 2 unspecified atom stereocenters. The second kappa shape index (κ2) is 5.98. The van der Waals surface area contributed by atoms with E-state index in [1.54, 1.807) is 6.07 Å². The van der Waals surface area contributed by atoms with Crippen LogP contribution in [0.5, 0.6) is 0 Å². The van der Waals surface area contributed by atoms with Crippen LogP contribution in [0.25, 0.3) is 0 Å².